The lowest BCUT2D eigenvalue weighted by Gasteiger charge is -2.25. The van der Waals surface area contributed by atoms with Gasteiger partial charge in [-0.25, -0.2) is 8.42 Å². The smallest absolute Gasteiger partial charge is 0.264 e. The van der Waals surface area contributed by atoms with Crippen LogP contribution in [0.15, 0.2) is 131 Å². The third-order valence-electron chi connectivity index (χ3n) is 7.10. The lowest BCUT2D eigenvalue weighted by Crippen LogP contribution is -2.31. The number of aromatic nitrogens is 3. The minimum absolute atomic E-state index is 0.0634. The maximum absolute atomic E-state index is 14.1. The maximum atomic E-state index is 14.1. The summed E-state index contributed by atoms with van der Waals surface area (Å²) < 4.78 is 31.2. The van der Waals surface area contributed by atoms with Gasteiger partial charge < -0.3 is 5.32 Å². The van der Waals surface area contributed by atoms with E-state index >= 15 is 0 Å². The average molecular weight is 654 g/mol. The molecule has 1 amide bonds. The molecule has 0 aliphatic rings. The highest BCUT2D eigenvalue weighted by atomic mass is 35.5. The first-order valence-corrected chi connectivity index (χ1v) is 16.8. The van der Waals surface area contributed by atoms with Crippen LogP contribution in [0.5, 0.6) is 0 Å². The molecule has 5 aromatic carbocycles. The second kappa shape index (κ2) is 13.2. The monoisotopic (exact) mass is 653 g/mol. The number of carbonyl (C=O) groups is 1. The van der Waals surface area contributed by atoms with Crippen LogP contribution in [0.25, 0.3) is 16.5 Å². The largest absolute Gasteiger partial charge is 0.325 e. The summed E-state index contributed by atoms with van der Waals surface area (Å²) in [5.74, 6) is 0.227. The highest BCUT2D eigenvalue weighted by Crippen LogP contribution is 2.30. The number of nitrogens with zero attached hydrogens (tertiary/aromatic N) is 4. The first-order valence-electron chi connectivity index (χ1n) is 14.0. The van der Waals surface area contributed by atoms with E-state index in [0.29, 0.717) is 21.7 Å². The zero-order valence-electron chi connectivity index (χ0n) is 24.2. The normalized spacial score (nSPS) is 11.4. The van der Waals surface area contributed by atoms with Gasteiger partial charge in [-0.1, -0.05) is 102 Å². The van der Waals surface area contributed by atoms with Gasteiger partial charge in [-0.2, -0.15) is 0 Å². The summed E-state index contributed by atoms with van der Waals surface area (Å²) in [5.41, 5.74) is 2.78. The highest BCUT2D eigenvalue weighted by molar-refractivity contribution is 7.99. The van der Waals surface area contributed by atoms with Gasteiger partial charge in [0.15, 0.2) is 11.0 Å². The van der Waals surface area contributed by atoms with E-state index in [1.165, 1.54) is 16.1 Å². The predicted octanol–water partition coefficient (Wildman–Crippen LogP) is 7.51. The molecule has 0 saturated heterocycles. The van der Waals surface area contributed by atoms with Crippen LogP contribution in [-0.2, 0) is 21.4 Å². The molecular weight excluding hydrogens is 626 g/mol. The van der Waals surface area contributed by atoms with Crippen molar-refractivity contribution in [1.82, 2.24) is 14.8 Å². The van der Waals surface area contributed by atoms with Crippen LogP contribution in [0.1, 0.15) is 11.4 Å². The number of sulfonamides is 1. The second-order valence-corrected chi connectivity index (χ2v) is 13.5. The van der Waals surface area contributed by atoms with Crippen molar-refractivity contribution in [1.29, 1.82) is 0 Å². The van der Waals surface area contributed by atoms with Crippen molar-refractivity contribution >= 4 is 61.4 Å². The molecule has 0 bridgehead atoms. The van der Waals surface area contributed by atoms with Crippen molar-refractivity contribution in [2.75, 3.05) is 15.4 Å². The van der Waals surface area contributed by atoms with E-state index < -0.39 is 10.0 Å². The molecule has 45 heavy (non-hydrogen) atoms. The summed E-state index contributed by atoms with van der Waals surface area (Å²) in [6.45, 7) is 1.76. The number of anilines is 2. The van der Waals surface area contributed by atoms with E-state index in [1.54, 1.807) is 53.1 Å². The molecule has 6 aromatic rings. The number of aryl methyl sites for hydroxylation is 1. The van der Waals surface area contributed by atoms with Gasteiger partial charge >= 0.3 is 0 Å². The second-order valence-electron chi connectivity index (χ2n) is 10.2. The zero-order valence-corrected chi connectivity index (χ0v) is 26.6. The van der Waals surface area contributed by atoms with Crippen molar-refractivity contribution in [3.8, 4) is 5.69 Å². The van der Waals surface area contributed by atoms with E-state index in [2.05, 4.69) is 15.5 Å². The van der Waals surface area contributed by atoms with Crippen LogP contribution in [0, 0.1) is 6.92 Å². The predicted molar refractivity (Wildman–Crippen MR) is 181 cm³/mol. The lowest BCUT2D eigenvalue weighted by molar-refractivity contribution is -0.113. The number of amides is 1. The fraction of sp³-hybridized carbons (Fsp3) is 0.0882. The topological polar surface area (TPSA) is 97.2 Å². The molecular formula is C34H28ClN5O3S2. The Morgan fingerprint density at radius 1 is 0.867 bits per heavy atom. The molecule has 0 aliphatic carbocycles. The fourth-order valence-electron chi connectivity index (χ4n) is 4.90. The minimum atomic E-state index is -4.03. The SMILES string of the molecule is Cc1ccc(S(=O)(=O)N(Cc2nnc(SCC(=O)Nc3cccc4ccccc34)n2-c2ccccc2)c2cccc(Cl)c2)cc1. The highest BCUT2D eigenvalue weighted by Gasteiger charge is 2.28. The van der Waals surface area contributed by atoms with Crippen molar-refractivity contribution in [2.45, 2.75) is 23.5 Å². The zero-order chi connectivity index (χ0) is 31.4. The van der Waals surface area contributed by atoms with Crippen LogP contribution in [0.2, 0.25) is 5.02 Å². The summed E-state index contributed by atoms with van der Waals surface area (Å²) in [4.78, 5) is 13.2. The van der Waals surface area contributed by atoms with Crippen LogP contribution in [-0.4, -0.2) is 34.8 Å². The summed E-state index contributed by atoms with van der Waals surface area (Å²) in [7, 11) is -4.03. The van der Waals surface area contributed by atoms with E-state index in [0.717, 1.165) is 27.7 Å². The Bertz CT molecular complexity index is 2080. The van der Waals surface area contributed by atoms with Gasteiger partial charge in [0.1, 0.15) is 0 Å². The third kappa shape index (κ3) is 6.73. The number of fused-ring (bicyclic) bond motifs is 1. The molecule has 11 heteroatoms. The van der Waals surface area contributed by atoms with Crippen LogP contribution >= 0.6 is 23.4 Å². The summed E-state index contributed by atoms with van der Waals surface area (Å²) >= 11 is 7.52. The number of nitrogens with one attached hydrogen (secondary N) is 1. The van der Waals surface area contributed by atoms with E-state index in [1.807, 2.05) is 79.7 Å². The van der Waals surface area contributed by atoms with E-state index in [-0.39, 0.29) is 23.1 Å². The Kier molecular flexibility index (Phi) is 8.88. The molecule has 1 N–H and O–H groups in total. The van der Waals surface area contributed by atoms with Gasteiger partial charge in [-0.15, -0.1) is 10.2 Å². The van der Waals surface area contributed by atoms with E-state index in [9.17, 15) is 13.2 Å². The van der Waals surface area contributed by atoms with Crippen molar-refractivity contribution in [2.24, 2.45) is 0 Å². The van der Waals surface area contributed by atoms with E-state index in [4.69, 9.17) is 11.6 Å². The number of hydrogen-bond acceptors (Lipinski definition) is 6. The quantitative estimate of drug-likeness (QED) is 0.154. The minimum Gasteiger partial charge on any atom is -0.325 e. The number of benzene rings is 5. The molecule has 226 valence electrons. The molecule has 0 saturated carbocycles. The molecule has 0 fully saturated rings. The average Bonchev–Trinajstić information content (AvgIpc) is 3.46. The van der Waals surface area contributed by atoms with Crippen molar-refractivity contribution in [3.05, 3.63) is 138 Å². The van der Waals surface area contributed by atoms with Crippen LogP contribution in [0.4, 0.5) is 11.4 Å². The number of halogens is 1. The van der Waals surface area contributed by atoms with Gasteiger partial charge in [-0.3, -0.25) is 13.7 Å². The molecule has 1 heterocycles. The number of hydrogen-bond donors (Lipinski definition) is 1. The summed E-state index contributed by atoms with van der Waals surface area (Å²) in [5, 5.41) is 14.7. The molecule has 8 nitrogen and oxygen atoms in total. The first-order chi connectivity index (χ1) is 21.8. The summed E-state index contributed by atoms with van der Waals surface area (Å²) in [6, 6.07) is 36.4. The van der Waals surface area contributed by atoms with Gasteiger partial charge in [0, 0.05) is 21.8 Å². The molecule has 6 rings (SSSR count). The molecule has 0 radical (unpaired) electrons. The van der Waals surface area contributed by atoms with Gasteiger partial charge in [0.2, 0.25) is 5.91 Å². The van der Waals surface area contributed by atoms with Crippen molar-refractivity contribution in [3.63, 3.8) is 0 Å². The van der Waals surface area contributed by atoms with Gasteiger partial charge in [0.25, 0.3) is 10.0 Å². The molecule has 1 aromatic heterocycles. The molecule has 0 spiro atoms. The molecule has 0 unspecified atom stereocenters. The third-order valence-corrected chi connectivity index (χ3v) is 10.1. The van der Waals surface area contributed by atoms with Crippen LogP contribution < -0.4 is 9.62 Å². The van der Waals surface area contributed by atoms with Gasteiger partial charge in [0.05, 0.1) is 22.9 Å². The standard InChI is InChI=1S/C34H28ClN5O3S2/c1-24-17-19-29(20-18-24)45(42,43)39(28-14-8-11-26(35)21-28)22-32-37-38-34(40(32)27-12-3-2-4-13-27)44-23-33(41)36-31-16-7-10-25-9-5-6-15-30(25)31/h2-21H,22-23H2,1H3,(H,36,41). The Hall–Kier alpha value is -4.64. The number of para-hydroxylation sites is 1. The number of thioether (sulfide) groups is 1. The number of carbonyl (C=O) groups excluding carboxylic acids is 1. The van der Waals surface area contributed by atoms with Crippen molar-refractivity contribution < 1.29 is 13.2 Å². The Morgan fingerprint density at radius 3 is 2.36 bits per heavy atom. The Labute approximate surface area is 270 Å². The Morgan fingerprint density at radius 2 is 1.58 bits per heavy atom. The molecule has 0 atom stereocenters. The maximum Gasteiger partial charge on any atom is 0.264 e. The number of rotatable bonds is 10. The molecule has 0 aliphatic heterocycles. The lowest BCUT2D eigenvalue weighted by atomic mass is 10.1. The first kappa shape index (κ1) is 30.4. The van der Waals surface area contributed by atoms with Crippen LogP contribution in [0.3, 0.4) is 0 Å². The van der Waals surface area contributed by atoms with Gasteiger partial charge in [-0.05, 0) is 60.8 Å². The summed E-state index contributed by atoms with van der Waals surface area (Å²) in [6.07, 6.45) is 0. The Balaban J connectivity index is 1.33. The fourth-order valence-corrected chi connectivity index (χ4v) is 7.26.